The lowest BCUT2D eigenvalue weighted by Crippen LogP contribution is -2.55. The van der Waals surface area contributed by atoms with Crippen molar-refractivity contribution in [3.8, 4) is 23.5 Å². The molecule has 2 amide bonds. The largest absolute Gasteiger partial charge is 0.454 e. The number of fused-ring (bicyclic) bond motifs is 1. The number of sulfonamides is 1. The number of carbonyl (C=O) groups excluding carboxylic acids is 2. The van der Waals surface area contributed by atoms with Gasteiger partial charge in [0.1, 0.15) is 5.72 Å². The third kappa shape index (κ3) is 9.46. The molecule has 1 atom stereocenters. The zero-order chi connectivity index (χ0) is 30.8. The van der Waals surface area contributed by atoms with E-state index in [1.54, 1.807) is 19.0 Å². The van der Waals surface area contributed by atoms with E-state index in [9.17, 15) is 23.1 Å². The quantitative estimate of drug-likeness (QED) is 0.170. The molecule has 3 rings (SSSR count). The molecule has 0 spiro atoms. The summed E-state index contributed by atoms with van der Waals surface area (Å²) in [6.07, 6.45) is 0.258. The predicted octanol–water partition coefficient (Wildman–Crippen LogP) is 1.92. The Morgan fingerprint density at radius 3 is 2.48 bits per heavy atom. The molecule has 1 heterocycles. The first kappa shape index (κ1) is 32.9. The van der Waals surface area contributed by atoms with Crippen LogP contribution < -0.4 is 20.1 Å². The van der Waals surface area contributed by atoms with Gasteiger partial charge in [-0.3, -0.25) is 14.9 Å². The minimum Gasteiger partial charge on any atom is -0.454 e. The normalized spacial score (nSPS) is 13.9. The van der Waals surface area contributed by atoms with Gasteiger partial charge in [0.25, 0.3) is 0 Å². The lowest BCUT2D eigenvalue weighted by molar-refractivity contribution is -0.122. The molecular formula is C30H40N4O7S. The van der Waals surface area contributed by atoms with Gasteiger partial charge in [-0.05, 0) is 37.7 Å². The summed E-state index contributed by atoms with van der Waals surface area (Å²) in [4.78, 5) is 25.8. The number of hydrogen-bond acceptors (Lipinski definition) is 8. The zero-order valence-electron chi connectivity index (χ0n) is 24.6. The lowest BCUT2D eigenvalue weighted by Gasteiger charge is -2.40. The van der Waals surface area contributed by atoms with Crippen LogP contribution in [-0.2, 0) is 26.0 Å². The third-order valence-corrected chi connectivity index (χ3v) is 8.25. The van der Waals surface area contributed by atoms with Gasteiger partial charge in [-0.25, -0.2) is 8.42 Å². The maximum Gasteiger partial charge on any atom is 0.245 e. The van der Waals surface area contributed by atoms with Crippen LogP contribution in [0.4, 0.5) is 0 Å². The highest BCUT2D eigenvalue weighted by Crippen LogP contribution is 2.37. The molecule has 1 aliphatic heterocycles. The molecule has 2 aromatic carbocycles. The van der Waals surface area contributed by atoms with Crippen LogP contribution in [0.3, 0.4) is 0 Å². The van der Waals surface area contributed by atoms with E-state index in [1.165, 1.54) is 18.2 Å². The fourth-order valence-corrected chi connectivity index (χ4v) is 6.23. The predicted molar refractivity (Wildman–Crippen MR) is 158 cm³/mol. The molecule has 0 aliphatic carbocycles. The molecule has 42 heavy (non-hydrogen) atoms. The maximum atomic E-state index is 14.0. The first-order valence-electron chi connectivity index (χ1n) is 13.8. The van der Waals surface area contributed by atoms with Crippen molar-refractivity contribution in [2.45, 2.75) is 50.2 Å². The molecule has 2 aromatic rings. The number of benzene rings is 2. The van der Waals surface area contributed by atoms with Gasteiger partial charge in [-0.15, -0.1) is 0 Å². The highest BCUT2D eigenvalue weighted by molar-refractivity contribution is 7.89. The average molecular weight is 601 g/mol. The summed E-state index contributed by atoms with van der Waals surface area (Å²) < 4.78 is 39.9. The van der Waals surface area contributed by atoms with E-state index in [4.69, 9.17) is 9.47 Å². The van der Waals surface area contributed by atoms with Gasteiger partial charge in [0.05, 0.1) is 11.4 Å². The third-order valence-electron chi connectivity index (χ3n) is 6.33. The van der Waals surface area contributed by atoms with E-state index in [-0.39, 0.29) is 74.7 Å². The number of rotatable bonds is 14. The fraction of sp³-hybridized carbons (Fsp3) is 0.467. The topological polar surface area (TPSA) is 138 Å². The number of carbonyl (C=O) groups is 2. The van der Waals surface area contributed by atoms with Crippen LogP contribution in [0.25, 0.3) is 0 Å². The van der Waals surface area contributed by atoms with Gasteiger partial charge in [0.15, 0.2) is 11.5 Å². The fourth-order valence-electron chi connectivity index (χ4n) is 4.38. The average Bonchev–Trinajstić information content (AvgIpc) is 3.40. The highest BCUT2D eigenvalue weighted by Gasteiger charge is 2.43. The van der Waals surface area contributed by atoms with Gasteiger partial charge >= 0.3 is 0 Å². The number of likely N-dealkylation sites (N-methyl/N-ethyl adjacent to an activating group) is 1. The number of aliphatic hydroxyl groups is 1. The minimum atomic E-state index is -4.20. The number of ether oxygens (including phenoxy) is 2. The van der Waals surface area contributed by atoms with Crippen LogP contribution >= 0.6 is 0 Å². The van der Waals surface area contributed by atoms with Gasteiger partial charge in [-0.2, -0.15) is 4.31 Å². The smallest absolute Gasteiger partial charge is 0.245 e. The van der Waals surface area contributed by atoms with Crippen LogP contribution in [0.15, 0.2) is 53.4 Å². The molecule has 11 nitrogen and oxygen atoms in total. The number of amides is 2. The summed E-state index contributed by atoms with van der Waals surface area (Å²) >= 11 is 0. The maximum absolute atomic E-state index is 14.0. The Hall–Kier alpha value is -3.63. The van der Waals surface area contributed by atoms with E-state index in [1.807, 2.05) is 44.2 Å². The van der Waals surface area contributed by atoms with Crippen molar-refractivity contribution < 1.29 is 32.6 Å². The van der Waals surface area contributed by atoms with Gasteiger partial charge in [-0.1, -0.05) is 50.1 Å². The van der Waals surface area contributed by atoms with Gasteiger partial charge in [0.2, 0.25) is 28.6 Å². The Morgan fingerprint density at radius 2 is 1.79 bits per heavy atom. The van der Waals surface area contributed by atoms with E-state index >= 15 is 0 Å². The summed E-state index contributed by atoms with van der Waals surface area (Å²) in [7, 11) is -0.660. The number of nitrogens with zero attached hydrogens (tertiary/aromatic N) is 2. The first-order chi connectivity index (χ1) is 19.9. The SMILES string of the molecule is CC(C)CN(C(O)(CCNC(=O)CCC#CNC(=O)CN(C)C)Cc1ccccc1)S(=O)(=O)c1ccc2c(c1)OCO2. The van der Waals surface area contributed by atoms with Crippen LogP contribution in [0.2, 0.25) is 0 Å². The lowest BCUT2D eigenvalue weighted by atomic mass is 9.98. The summed E-state index contributed by atoms with van der Waals surface area (Å²) in [5, 5.41) is 17.3. The molecule has 0 bridgehead atoms. The van der Waals surface area contributed by atoms with E-state index in [0.29, 0.717) is 11.5 Å². The Labute approximate surface area is 248 Å². The Balaban J connectivity index is 1.75. The number of hydrogen-bond donors (Lipinski definition) is 3. The van der Waals surface area contributed by atoms with E-state index in [2.05, 4.69) is 22.6 Å². The van der Waals surface area contributed by atoms with Crippen LogP contribution in [-0.4, -0.2) is 80.8 Å². The van der Waals surface area contributed by atoms with Crippen LogP contribution in [0, 0.1) is 17.9 Å². The Kier molecular flexibility index (Phi) is 11.8. The Morgan fingerprint density at radius 1 is 1.07 bits per heavy atom. The molecule has 12 heteroatoms. The van der Waals surface area contributed by atoms with E-state index in [0.717, 1.165) is 9.87 Å². The molecular weight excluding hydrogens is 560 g/mol. The second kappa shape index (κ2) is 15.0. The highest BCUT2D eigenvalue weighted by atomic mass is 32.2. The zero-order valence-corrected chi connectivity index (χ0v) is 25.4. The van der Waals surface area contributed by atoms with Crippen molar-refractivity contribution in [2.24, 2.45) is 5.92 Å². The van der Waals surface area contributed by atoms with Crippen molar-refractivity contribution in [3.05, 3.63) is 54.1 Å². The van der Waals surface area contributed by atoms with Crippen LogP contribution in [0.5, 0.6) is 11.5 Å². The molecule has 3 N–H and O–H groups in total. The van der Waals surface area contributed by atoms with Gasteiger partial charge < -0.3 is 24.8 Å². The summed E-state index contributed by atoms with van der Waals surface area (Å²) in [5.41, 5.74) is -1.11. The molecule has 1 aliphatic rings. The van der Waals surface area contributed by atoms with Gasteiger partial charge in [0, 0.05) is 50.9 Å². The summed E-state index contributed by atoms with van der Waals surface area (Å²) in [6.45, 7) is 4.03. The Bertz CT molecular complexity index is 1390. The summed E-state index contributed by atoms with van der Waals surface area (Å²) in [6, 6.07) is 16.0. The molecule has 228 valence electrons. The molecule has 0 saturated carbocycles. The molecule has 1 unspecified atom stereocenters. The standard InChI is InChI=1S/C30H40N4O7S/c1-23(2)20-34(42(38,39)25-13-14-26-27(18-25)41-22-40-26)30(37,19-24-10-6-5-7-11-24)15-17-32-28(35)12-8-9-16-31-29(36)21-33(3)4/h5-7,10-11,13-14,18,23,37H,8,12,15,17,19-22H2,1-4H3,(H,31,36)(H,32,35). The number of nitrogens with one attached hydrogen (secondary N) is 2. The van der Waals surface area contributed by atoms with Crippen molar-refractivity contribution in [3.63, 3.8) is 0 Å². The first-order valence-corrected chi connectivity index (χ1v) is 15.2. The van der Waals surface area contributed by atoms with Crippen molar-refractivity contribution in [1.82, 2.24) is 19.8 Å². The molecule has 0 aromatic heterocycles. The van der Waals surface area contributed by atoms with Crippen molar-refractivity contribution in [2.75, 3.05) is 40.5 Å². The molecule has 0 fully saturated rings. The van der Waals surface area contributed by atoms with Crippen molar-refractivity contribution >= 4 is 21.8 Å². The monoisotopic (exact) mass is 600 g/mol. The van der Waals surface area contributed by atoms with E-state index < -0.39 is 15.7 Å². The second-order valence-electron chi connectivity index (χ2n) is 10.8. The summed E-state index contributed by atoms with van der Waals surface area (Å²) in [5.74, 6) is 2.85. The van der Waals surface area contributed by atoms with Crippen LogP contribution in [0.1, 0.15) is 38.7 Å². The molecule has 0 saturated heterocycles. The second-order valence-corrected chi connectivity index (χ2v) is 12.6. The molecule has 0 radical (unpaired) electrons. The minimum absolute atomic E-state index is 0.00284. The van der Waals surface area contributed by atoms with Crippen molar-refractivity contribution in [1.29, 1.82) is 0 Å².